The number of rotatable bonds is 11. The van der Waals surface area contributed by atoms with Crippen molar-refractivity contribution in [3.8, 4) is 10.6 Å². The first-order valence-electron chi connectivity index (χ1n) is 12.1. The van der Waals surface area contributed by atoms with E-state index in [1.54, 1.807) is 24.3 Å². The van der Waals surface area contributed by atoms with Gasteiger partial charge in [-0.05, 0) is 29.7 Å². The highest BCUT2D eigenvalue weighted by molar-refractivity contribution is 7.80. The lowest BCUT2D eigenvalue weighted by Gasteiger charge is -2.23. The molecule has 1 unspecified atom stereocenters. The summed E-state index contributed by atoms with van der Waals surface area (Å²) in [5.74, 6) is -0.386. The summed E-state index contributed by atoms with van der Waals surface area (Å²) in [5, 5.41) is 8.42. The summed E-state index contributed by atoms with van der Waals surface area (Å²) in [6.45, 7) is 0. The van der Waals surface area contributed by atoms with Gasteiger partial charge in [-0.1, -0.05) is 72.8 Å². The molecule has 0 bridgehead atoms. The van der Waals surface area contributed by atoms with Gasteiger partial charge in [0.05, 0.1) is 18.8 Å². The smallest absolute Gasteiger partial charge is 0.407 e. The minimum Gasteiger partial charge on any atom is -0.755 e. The van der Waals surface area contributed by atoms with E-state index < -0.39 is 29.4 Å². The summed E-state index contributed by atoms with van der Waals surface area (Å²) < 4.78 is 29.0. The number of methoxy groups -OCH3 is 1. The molecule has 1 aromatic heterocycles. The van der Waals surface area contributed by atoms with Gasteiger partial charge in [0.25, 0.3) is 0 Å². The van der Waals surface area contributed by atoms with E-state index in [0.29, 0.717) is 17.8 Å². The number of benzene rings is 3. The molecule has 0 spiro atoms. The van der Waals surface area contributed by atoms with E-state index in [9.17, 15) is 18.4 Å². The highest BCUT2D eigenvalue weighted by Gasteiger charge is 2.26. The molecule has 0 saturated carbocycles. The number of alkyl carbamates (subject to hydrolysis) is 1. The lowest BCUT2D eigenvalue weighted by molar-refractivity contribution is -0.123. The third-order valence-electron chi connectivity index (χ3n) is 5.89. The molecule has 4 rings (SSSR count). The Hall–Kier alpha value is -4.06. The molecular formula is C28H27N4O5S2-. The zero-order valence-corrected chi connectivity index (χ0v) is 22.7. The molecule has 1 heterocycles. The van der Waals surface area contributed by atoms with Crippen molar-refractivity contribution in [3.05, 3.63) is 107 Å². The van der Waals surface area contributed by atoms with Gasteiger partial charge >= 0.3 is 6.09 Å². The van der Waals surface area contributed by atoms with Crippen molar-refractivity contribution in [3.63, 3.8) is 0 Å². The maximum Gasteiger partial charge on any atom is 0.407 e. The second-order valence-electron chi connectivity index (χ2n) is 8.62. The molecule has 2 amide bonds. The summed E-state index contributed by atoms with van der Waals surface area (Å²) in [5.41, 5.74) is 3.81. The third kappa shape index (κ3) is 8.21. The Labute approximate surface area is 233 Å². The van der Waals surface area contributed by atoms with Crippen LogP contribution < -0.4 is 15.4 Å². The van der Waals surface area contributed by atoms with Crippen LogP contribution >= 0.6 is 11.3 Å². The number of carbonyl (C=O) groups excluding carboxylic acids is 2. The number of hydrogen-bond acceptors (Lipinski definition) is 7. The van der Waals surface area contributed by atoms with Crippen LogP contribution in [0.15, 0.2) is 90.3 Å². The molecule has 3 N–H and O–H groups in total. The van der Waals surface area contributed by atoms with Gasteiger partial charge in [0, 0.05) is 34.3 Å². The molecule has 202 valence electrons. The minimum atomic E-state index is -2.43. The monoisotopic (exact) mass is 563 g/mol. The Morgan fingerprint density at radius 3 is 2.21 bits per heavy atom. The Balaban J connectivity index is 1.60. The fourth-order valence-electron chi connectivity index (χ4n) is 3.96. The first kappa shape index (κ1) is 28.0. The van der Waals surface area contributed by atoms with Crippen molar-refractivity contribution in [1.82, 2.24) is 15.6 Å². The quantitative estimate of drug-likeness (QED) is 0.232. The van der Waals surface area contributed by atoms with Crippen molar-refractivity contribution in [2.24, 2.45) is 0 Å². The van der Waals surface area contributed by atoms with Crippen molar-refractivity contribution in [2.75, 3.05) is 11.8 Å². The van der Waals surface area contributed by atoms with Gasteiger partial charge in [-0.2, -0.15) is 0 Å². The van der Waals surface area contributed by atoms with Gasteiger partial charge in [0.15, 0.2) is 0 Å². The molecule has 0 aliphatic carbocycles. The molecule has 3 aromatic carbocycles. The molecule has 0 fully saturated rings. The van der Waals surface area contributed by atoms with Crippen molar-refractivity contribution < 1.29 is 23.1 Å². The fraction of sp³-hybridized carbons (Fsp3) is 0.179. The van der Waals surface area contributed by atoms with Crippen LogP contribution in [0, 0.1) is 0 Å². The molecular weight excluding hydrogens is 536 g/mol. The zero-order chi connectivity index (χ0) is 27.6. The minimum absolute atomic E-state index is 0.271. The normalized spacial score (nSPS) is 13.1. The number of nitrogens with one attached hydrogen (secondary N) is 3. The number of anilines is 1. The predicted octanol–water partition coefficient (Wildman–Crippen LogP) is 4.38. The van der Waals surface area contributed by atoms with Crippen molar-refractivity contribution >= 4 is 40.3 Å². The number of carbonyl (C=O) groups is 2. The first-order valence-corrected chi connectivity index (χ1v) is 14.0. The van der Waals surface area contributed by atoms with Gasteiger partial charge in [-0.15, -0.1) is 11.3 Å². The fourth-order valence-corrected chi connectivity index (χ4v) is 5.17. The van der Waals surface area contributed by atoms with Crippen LogP contribution in [0.25, 0.3) is 10.6 Å². The summed E-state index contributed by atoms with van der Waals surface area (Å²) in [7, 11) is 1.25. The molecule has 0 radical (unpaired) electrons. The largest absolute Gasteiger partial charge is 0.755 e. The van der Waals surface area contributed by atoms with Crippen LogP contribution in [0.5, 0.6) is 0 Å². The standard InChI is InChI=1S/C28H28N4O5S2/c1-37-28(34)31-24(17-19-8-4-2-5-9-19)26(33)29-23(16-20-12-14-22(15-13-20)32-39(35)36)25-18-38-27(30-25)21-10-6-3-7-11-21/h2-15,18,23-24,32H,16-17H2,1H3,(H,29,33)(H,31,34)(H,35,36)/p-1/t23-,24-/m0/s1. The molecule has 0 saturated heterocycles. The first-order chi connectivity index (χ1) is 18.9. The van der Waals surface area contributed by atoms with Crippen molar-refractivity contribution in [2.45, 2.75) is 24.9 Å². The number of thiazole rings is 1. The average Bonchev–Trinajstić information content (AvgIpc) is 3.44. The maximum atomic E-state index is 13.5. The van der Waals surface area contributed by atoms with Gasteiger partial charge in [-0.3, -0.25) is 9.00 Å². The number of aromatic nitrogens is 1. The van der Waals surface area contributed by atoms with Crippen LogP contribution in [0.1, 0.15) is 22.9 Å². The highest BCUT2D eigenvalue weighted by Crippen LogP contribution is 2.28. The summed E-state index contributed by atoms with van der Waals surface area (Å²) in [4.78, 5) is 30.4. The molecule has 9 nitrogen and oxygen atoms in total. The van der Waals surface area contributed by atoms with Crippen LogP contribution in [0.2, 0.25) is 0 Å². The van der Waals surface area contributed by atoms with Gasteiger partial charge < -0.3 is 24.6 Å². The Morgan fingerprint density at radius 1 is 0.923 bits per heavy atom. The van der Waals surface area contributed by atoms with E-state index in [4.69, 9.17) is 9.72 Å². The molecule has 39 heavy (non-hydrogen) atoms. The number of amides is 2. The highest BCUT2D eigenvalue weighted by atomic mass is 32.2. The second kappa shape index (κ2) is 13.7. The van der Waals surface area contributed by atoms with Gasteiger partial charge in [0.2, 0.25) is 5.91 Å². The topological polar surface area (TPSA) is 132 Å². The average molecular weight is 564 g/mol. The lowest BCUT2D eigenvalue weighted by atomic mass is 10.0. The number of ether oxygens (including phenoxy) is 1. The molecule has 0 aliphatic heterocycles. The second-order valence-corrected chi connectivity index (χ2v) is 10.2. The van der Waals surface area contributed by atoms with Crippen molar-refractivity contribution in [1.29, 1.82) is 0 Å². The predicted molar refractivity (Wildman–Crippen MR) is 151 cm³/mol. The maximum absolute atomic E-state index is 13.5. The summed E-state index contributed by atoms with van der Waals surface area (Å²) in [6, 6.07) is 24.6. The van der Waals surface area contributed by atoms with E-state index in [1.807, 2.05) is 66.0 Å². The van der Waals surface area contributed by atoms with E-state index >= 15 is 0 Å². The van der Waals surface area contributed by atoms with E-state index in [-0.39, 0.29) is 12.3 Å². The van der Waals surface area contributed by atoms with Crippen LogP contribution in [0.4, 0.5) is 10.5 Å². The molecule has 0 aliphatic rings. The van der Waals surface area contributed by atoms with Gasteiger partial charge in [-0.25, -0.2) is 9.78 Å². The van der Waals surface area contributed by atoms with Crippen LogP contribution in [-0.2, 0) is 33.6 Å². The van der Waals surface area contributed by atoms with Crippen LogP contribution in [-0.4, -0.2) is 38.9 Å². The van der Waals surface area contributed by atoms with E-state index in [0.717, 1.165) is 21.7 Å². The lowest BCUT2D eigenvalue weighted by Crippen LogP contribution is -2.49. The SMILES string of the molecule is COC(=O)N[C@@H](Cc1ccccc1)C(=O)N[C@@H](Cc1ccc(NS(=O)[O-])cc1)c1csc(-c2ccccc2)n1. The van der Waals surface area contributed by atoms with E-state index in [2.05, 4.69) is 15.4 Å². The van der Waals surface area contributed by atoms with Gasteiger partial charge in [0.1, 0.15) is 11.0 Å². The number of nitrogens with zero attached hydrogens (tertiary/aromatic N) is 1. The number of hydrogen-bond donors (Lipinski definition) is 3. The summed E-state index contributed by atoms with van der Waals surface area (Å²) >= 11 is -0.953. The van der Waals surface area contributed by atoms with Crippen LogP contribution in [0.3, 0.4) is 0 Å². The molecule has 11 heteroatoms. The Morgan fingerprint density at radius 2 is 1.56 bits per heavy atom. The van der Waals surface area contributed by atoms with E-state index in [1.165, 1.54) is 18.4 Å². The Kier molecular flexibility index (Phi) is 9.79. The molecule has 3 atom stereocenters. The molecule has 4 aromatic rings. The Bertz CT molecular complexity index is 1400. The summed E-state index contributed by atoms with van der Waals surface area (Å²) in [6.07, 6.45) is -0.0460. The third-order valence-corrected chi connectivity index (χ3v) is 7.20. The zero-order valence-electron chi connectivity index (χ0n) is 21.0.